The Morgan fingerprint density at radius 1 is 1.35 bits per heavy atom. The van der Waals surface area contributed by atoms with Gasteiger partial charge in [-0.2, -0.15) is 0 Å². The highest BCUT2D eigenvalue weighted by molar-refractivity contribution is 5.04. The third-order valence-corrected chi connectivity index (χ3v) is 3.42. The van der Waals surface area contributed by atoms with Crippen LogP contribution in [0.3, 0.4) is 0 Å². The largest absolute Gasteiger partial charge is 0.383 e. The monoisotopic (exact) mass is 275 g/mol. The van der Waals surface area contributed by atoms with Gasteiger partial charge in [0.15, 0.2) is 0 Å². The molecule has 0 bridgehead atoms. The van der Waals surface area contributed by atoms with Gasteiger partial charge in [-0.3, -0.25) is 4.90 Å². The molecule has 0 radical (unpaired) electrons. The highest BCUT2D eigenvalue weighted by Crippen LogP contribution is 2.17. The smallest absolute Gasteiger partial charge is 0.122 e. The molecule has 6 heteroatoms. The summed E-state index contributed by atoms with van der Waals surface area (Å²) in [5.74, 6) is 1.03. The van der Waals surface area contributed by atoms with Crippen LogP contribution in [-0.4, -0.2) is 45.2 Å². The first kappa shape index (κ1) is 14.6. The van der Waals surface area contributed by atoms with Gasteiger partial charge >= 0.3 is 0 Å². The van der Waals surface area contributed by atoms with Gasteiger partial charge in [0.25, 0.3) is 0 Å². The average Bonchev–Trinajstić information content (AvgIpc) is 2.92. The molecule has 0 amide bonds. The van der Waals surface area contributed by atoms with Crippen LogP contribution in [0.15, 0.2) is 31.0 Å². The molecule has 0 unspecified atom stereocenters. The summed E-state index contributed by atoms with van der Waals surface area (Å²) in [5, 5.41) is 0. The predicted octanol–water partition coefficient (Wildman–Crippen LogP) is 1.51. The Morgan fingerprint density at radius 2 is 2.20 bits per heavy atom. The van der Waals surface area contributed by atoms with Crippen molar-refractivity contribution in [3.63, 3.8) is 0 Å². The second-order valence-corrected chi connectivity index (χ2v) is 4.75. The minimum absolute atomic E-state index is 0.213. The quantitative estimate of drug-likeness (QED) is 0.766. The molecule has 2 aromatic heterocycles. The van der Waals surface area contributed by atoms with E-state index in [1.54, 1.807) is 19.6 Å². The average molecular weight is 275 g/mol. The number of hydrogen-bond donors (Lipinski definition) is 0. The topological polar surface area (TPSA) is 56.1 Å². The summed E-state index contributed by atoms with van der Waals surface area (Å²) in [5.41, 5.74) is 1.01. The Kier molecular flexibility index (Phi) is 5.20. The van der Waals surface area contributed by atoms with E-state index in [0.29, 0.717) is 6.61 Å². The van der Waals surface area contributed by atoms with Crippen molar-refractivity contribution in [1.29, 1.82) is 0 Å². The molecule has 20 heavy (non-hydrogen) atoms. The number of methoxy groups -OCH3 is 1. The third-order valence-electron chi connectivity index (χ3n) is 3.42. The first-order valence-corrected chi connectivity index (χ1v) is 6.67. The Balaban J connectivity index is 2.01. The van der Waals surface area contributed by atoms with Crippen molar-refractivity contribution in [3.05, 3.63) is 42.5 Å². The molecule has 2 heterocycles. The summed E-state index contributed by atoms with van der Waals surface area (Å²) in [7, 11) is 3.78. The highest BCUT2D eigenvalue weighted by Gasteiger charge is 2.15. The molecule has 0 spiro atoms. The Labute approximate surface area is 119 Å². The zero-order chi connectivity index (χ0) is 14.4. The normalized spacial score (nSPS) is 12.8. The van der Waals surface area contributed by atoms with Gasteiger partial charge in [-0.15, -0.1) is 0 Å². The van der Waals surface area contributed by atoms with E-state index in [2.05, 4.69) is 38.4 Å². The van der Waals surface area contributed by atoms with Crippen LogP contribution < -0.4 is 0 Å². The molecule has 6 nitrogen and oxygen atoms in total. The van der Waals surface area contributed by atoms with Crippen LogP contribution in [0.5, 0.6) is 0 Å². The van der Waals surface area contributed by atoms with Gasteiger partial charge in [-0.05, 0) is 20.0 Å². The Morgan fingerprint density at radius 3 is 2.90 bits per heavy atom. The molecule has 0 saturated carbocycles. The Hall–Kier alpha value is -1.79. The second kappa shape index (κ2) is 7.12. The van der Waals surface area contributed by atoms with E-state index >= 15 is 0 Å². The van der Waals surface area contributed by atoms with E-state index in [-0.39, 0.29) is 6.04 Å². The third kappa shape index (κ3) is 3.61. The maximum Gasteiger partial charge on any atom is 0.122 e. The predicted molar refractivity (Wildman–Crippen MR) is 76.0 cm³/mol. The number of rotatable bonds is 7. The van der Waals surface area contributed by atoms with E-state index in [0.717, 1.165) is 24.6 Å². The summed E-state index contributed by atoms with van der Waals surface area (Å²) in [6, 6.07) is 2.16. The molecule has 0 aliphatic rings. The minimum Gasteiger partial charge on any atom is -0.383 e. The molecule has 0 aliphatic carbocycles. The molecular formula is C14H21N5O. The molecule has 108 valence electrons. The molecule has 0 aromatic carbocycles. The molecule has 2 rings (SSSR count). The molecule has 1 atom stereocenters. The fourth-order valence-corrected chi connectivity index (χ4v) is 2.02. The Bertz CT molecular complexity index is 513. The van der Waals surface area contributed by atoms with Gasteiger partial charge in [0, 0.05) is 38.3 Å². The van der Waals surface area contributed by atoms with Crippen molar-refractivity contribution in [3.8, 4) is 0 Å². The van der Waals surface area contributed by atoms with Crippen LogP contribution in [0.4, 0.5) is 0 Å². The van der Waals surface area contributed by atoms with E-state index in [4.69, 9.17) is 4.74 Å². The standard InChI is InChI=1S/C14H21N5O/c1-12(13-4-5-15-11-17-13)18(2)10-14-16-6-7-19(14)8-9-20-3/h4-7,11-12H,8-10H2,1-3H3/t12-/m0/s1. The van der Waals surface area contributed by atoms with Crippen molar-refractivity contribution >= 4 is 0 Å². The van der Waals surface area contributed by atoms with Crippen LogP contribution in [0.1, 0.15) is 24.5 Å². The molecule has 0 N–H and O–H groups in total. The summed E-state index contributed by atoms with van der Waals surface area (Å²) in [6.07, 6.45) is 7.16. The number of ether oxygens (including phenoxy) is 1. The molecular weight excluding hydrogens is 254 g/mol. The first-order valence-electron chi connectivity index (χ1n) is 6.67. The van der Waals surface area contributed by atoms with Crippen molar-refractivity contribution in [2.24, 2.45) is 0 Å². The lowest BCUT2D eigenvalue weighted by molar-refractivity contribution is 0.182. The van der Waals surface area contributed by atoms with Gasteiger partial charge in [0.05, 0.1) is 18.8 Å². The van der Waals surface area contributed by atoms with Gasteiger partial charge in [-0.1, -0.05) is 0 Å². The summed E-state index contributed by atoms with van der Waals surface area (Å²) in [4.78, 5) is 14.9. The van der Waals surface area contributed by atoms with Crippen LogP contribution in [0.2, 0.25) is 0 Å². The maximum absolute atomic E-state index is 5.11. The van der Waals surface area contributed by atoms with Crippen LogP contribution in [-0.2, 0) is 17.8 Å². The zero-order valence-electron chi connectivity index (χ0n) is 12.2. The lowest BCUT2D eigenvalue weighted by atomic mass is 10.2. The number of imidazole rings is 1. The lowest BCUT2D eigenvalue weighted by Crippen LogP contribution is -2.25. The number of nitrogens with zero attached hydrogens (tertiary/aromatic N) is 5. The summed E-state index contributed by atoms with van der Waals surface area (Å²) >= 11 is 0. The molecule has 0 aliphatic heterocycles. The highest BCUT2D eigenvalue weighted by atomic mass is 16.5. The van der Waals surface area contributed by atoms with Gasteiger partial charge in [0.1, 0.15) is 12.2 Å². The van der Waals surface area contributed by atoms with E-state index in [1.807, 2.05) is 18.5 Å². The SMILES string of the molecule is COCCn1ccnc1CN(C)[C@@H](C)c1ccncn1. The van der Waals surface area contributed by atoms with Gasteiger partial charge in [0.2, 0.25) is 0 Å². The molecule has 2 aromatic rings. The minimum atomic E-state index is 0.213. The van der Waals surface area contributed by atoms with Crippen molar-refractivity contribution in [2.75, 3.05) is 20.8 Å². The van der Waals surface area contributed by atoms with E-state index < -0.39 is 0 Å². The van der Waals surface area contributed by atoms with Crippen molar-refractivity contribution in [1.82, 2.24) is 24.4 Å². The lowest BCUT2D eigenvalue weighted by Gasteiger charge is -2.24. The van der Waals surface area contributed by atoms with E-state index in [1.165, 1.54) is 0 Å². The molecule has 0 fully saturated rings. The van der Waals surface area contributed by atoms with Crippen molar-refractivity contribution < 1.29 is 4.74 Å². The fraction of sp³-hybridized carbons (Fsp3) is 0.500. The number of aromatic nitrogens is 4. The van der Waals surface area contributed by atoms with Crippen LogP contribution in [0, 0.1) is 0 Å². The molecule has 0 saturated heterocycles. The zero-order valence-corrected chi connectivity index (χ0v) is 12.2. The van der Waals surface area contributed by atoms with Crippen molar-refractivity contribution in [2.45, 2.75) is 26.1 Å². The van der Waals surface area contributed by atoms with Crippen LogP contribution >= 0.6 is 0 Å². The van der Waals surface area contributed by atoms with Gasteiger partial charge < -0.3 is 9.30 Å². The summed E-state index contributed by atoms with van der Waals surface area (Å²) < 4.78 is 7.23. The second-order valence-electron chi connectivity index (χ2n) is 4.75. The van der Waals surface area contributed by atoms with Gasteiger partial charge in [-0.25, -0.2) is 15.0 Å². The van der Waals surface area contributed by atoms with Crippen LogP contribution in [0.25, 0.3) is 0 Å². The maximum atomic E-state index is 5.11. The first-order chi connectivity index (χ1) is 9.72. The number of hydrogen-bond acceptors (Lipinski definition) is 5. The summed E-state index contributed by atoms with van der Waals surface area (Å²) in [6.45, 7) is 4.41. The van der Waals surface area contributed by atoms with E-state index in [9.17, 15) is 0 Å². The fourth-order valence-electron chi connectivity index (χ4n) is 2.02.